The van der Waals surface area contributed by atoms with Crippen LogP contribution in [-0.2, 0) is 4.79 Å². The van der Waals surface area contributed by atoms with E-state index >= 15 is 0 Å². The van der Waals surface area contributed by atoms with Gasteiger partial charge in [-0.25, -0.2) is 4.39 Å². The SMILES string of the molecule is CCC1(CC)C(=O)CC1c1ccc(F)cc1Cl. The quantitative estimate of drug-likeness (QED) is 0.784. The number of carbonyl (C=O) groups excluding carboxylic acids is 1. The fourth-order valence-electron chi connectivity index (χ4n) is 2.98. The average Bonchev–Trinajstić information content (AvgIpc) is 2.29. The molecule has 0 radical (unpaired) electrons. The Labute approximate surface area is 106 Å². The van der Waals surface area contributed by atoms with Gasteiger partial charge in [0.1, 0.15) is 11.6 Å². The van der Waals surface area contributed by atoms with Gasteiger partial charge in [-0.2, -0.15) is 0 Å². The highest BCUT2D eigenvalue weighted by atomic mass is 35.5. The first-order chi connectivity index (χ1) is 8.05. The molecule has 1 aliphatic carbocycles. The van der Waals surface area contributed by atoms with E-state index in [9.17, 15) is 9.18 Å². The standard InChI is InChI=1S/C14H16ClFO/c1-3-14(4-2)11(8-13(14)17)10-6-5-9(16)7-12(10)15/h5-7,11H,3-4,8H2,1-2H3. The van der Waals surface area contributed by atoms with E-state index in [1.807, 2.05) is 13.8 Å². The second-order valence-corrected chi connectivity index (χ2v) is 5.12. The number of ketones is 1. The molecule has 0 saturated heterocycles. The summed E-state index contributed by atoms with van der Waals surface area (Å²) >= 11 is 6.07. The molecule has 92 valence electrons. The van der Waals surface area contributed by atoms with Crippen LogP contribution in [0.2, 0.25) is 5.02 Å². The lowest BCUT2D eigenvalue weighted by molar-refractivity contribution is -0.141. The first-order valence-corrected chi connectivity index (χ1v) is 6.41. The zero-order valence-electron chi connectivity index (χ0n) is 10.1. The zero-order chi connectivity index (χ0) is 12.6. The highest BCUT2D eigenvalue weighted by molar-refractivity contribution is 6.31. The van der Waals surface area contributed by atoms with Crippen LogP contribution in [0.25, 0.3) is 0 Å². The van der Waals surface area contributed by atoms with Crippen molar-refractivity contribution in [1.82, 2.24) is 0 Å². The van der Waals surface area contributed by atoms with Crippen molar-refractivity contribution in [2.45, 2.75) is 39.0 Å². The van der Waals surface area contributed by atoms with Crippen LogP contribution in [0.1, 0.15) is 44.6 Å². The number of Topliss-reactive ketones (excluding diaryl/α,β-unsaturated/α-hetero) is 1. The predicted octanol–water partition coefficient (Wildman–Crippen LogP) is 4.34. The van der Waals surface area contributed by atoms with Crippen LogP contribution in [0, 0.1) is 11.2 Å². The fourth-order valence-corrected chi connectivity index (χ4v) is 3.28. The topological polar surface area (TPSA) is 17.1 Å². The van der Waals surface area contributed by atoms with E-state index in [1.165, 1.54) is 12.1 Å². The molecule has 1 unspecified atom stereocenters. The number of hydrogen-bond acceptors (Lipinski definition) is 1. The monoisotopic (exact) mass is 254 g/mol. The molecule has 1 saturated carbocycles. The minimum Gasteiger partial charge on any atom is -0.299 e. The molecular formula is C14H16ClFO. The third kappa shape index (κ3) is 1.79. The van der Waals surface area contributed by atoms with Crippen LogP contribution in [0.5, 0.6) is 0 Å². The number of halogens is 2. The molecule has 2 rings (SSSR count). The maximum Gasteiger partial charge on any atom is 0.140 e. The van der Waals surface area contributed by atoms with Crippen LogP contribution in [0.15, 0.2) is 18.2 Å². The van der Waals surface area contributed by atoms with Gasteiger partial charge < -0.3 is 0 Å². The summed E-state index contributed by atoms with van der Waals surface area (Å²) in [5.74, 6) is 0.133. The van der Waals surface area contributed by atoms with E-state index in [-0.39, 0.29) is 17.2 Å². The molecule has 1 atom stereocenters. The Hall–Kier alpha value is -0.890. The van der Waals surface area contributed by atoms with Gasteiger partial charge in [-0.1, -0.05) is 31.5 Å². The molecule has 0 N–H and O–H groups in total. The molecule has 1 aliphatic rings. The molecule has 17 heavy (non-hydrogen) atoms. The van der Waals surface area contributed by atoms with Gasteiger partial charge in [-0.15, -0.1) is 0 Å². The van der Waals surface area contributed by atoms with Crippen molar-refractivity contribution in [3.05, 3.63) is 34.6 Å². The molecule has 0 bridgehead atoms. The van der Waals surface area contributed by atoms with Gasteiger partial charge >= 0.3 is 0 Å². The van der Waals surface area contributed by atoms with Crippen molar-refractivity contribution in [2.24, 2.45) is 5.41 Å². The molecule has 0 aliphatic heterocycles. The summed E-state index contributed by atoms with van der Waals surface area (Å²) in [7, 11) is 0. The Kier molecular flexibility index (Phi) is 3.26. The molecular weight excluding hydrogens is 239 g/mol. The lowest BCUT2D eigenvalue weighted by atomic mass is 9.54. The van der Waals surface area contributed by atoms with Crippen LogP contribution >= 0.6 is 11.6 Å². The number of carbonyl (C=O) groups is 1. The largest absolute Gasteiger partial charge is 0.299 e. The van der Waals surface area contributed by atoms with Crippen LogP contribution in [0.3, 0.4) is 0 Å². The van der Waals surface area contributed by atoms with Crippen molar-refractivity contribution in [3.63, 3.8) is 0 Å². The van der Waals surface area contributed by atoms with Gasteiger partial charge in [0.15, 0.2) is 0 Å². The first-order valence-electron chi connectivity index (χ1n) is 6.03. The Bertz CT molecular complexity index is 452. The maximum atomic E-state index is 13.0. The molecule has 0 spiro atoms. The zero-order valence-corrected chi connectivity index (χ0v) is 10.9. The van der Waals surface area contributed by atoms with Gasteiger partial charge in [0.25, 0.3) is 0 Å². The lowest BCUT2D eigenvalue weighted by Gasteiger charge is -2.47. The summed E-state index contributed by atoms with van der Waals surface area (Å²) in [5.41, 5.74) is 0.637. The minimum atomic E-state index is -0.331. The Morgan fingerprint density at radius 1 is 1.41 bits per heavy atom. The van der Waals surface area contributed by atoms with Gasteiger partial charge in [0, 0.05) is 22.8 Å². The summed E-state index contributed by atoms with van der Waals surface area (Å²) in [5, 5.41) is 0.439. The minimum absolute atomic E-state index is 0.151. The van der Waals surface area contributed by atoms with Crippen LogP contribution in [0.4, 0.5) is 4.39 Å². The Balaban J connectivity index is 2.38. The smallest absolute Gasteiger partial charge is 0.140 e. The highest BCUT2D eigenvalue weighted by Crippen LogP contribution is 2.55. The Morgan fingerprint density at radius 3 is 2.53 bits per heavy atom. The molecule has 1 nitrogen and oxygen atoms in total. The summed E-state index contributed by atoms with van der Waals surface area (Å²) < 4.78 is 13.0. The van der Waals surface area contributed by atoms with Crippen molar-refractivity contribution < 1.29 is 9.18 Å². The van der Waals surface area contributed by atoms with E-state index in [4.69, 9.17) is 11.6 Å². The first kappa shape index (κ1) is 12.6. The summed E-state index contributed by atoms with van der Waals surface area (Å²) in [6.07, 6.45) is 2.18. The van der Waals surface area contributed by atoms with Crippen LogP contribution in [-0.4, -0.2) is 5.78 Å². The highest BCUT2D eigenvalue weighted by Gasteiger charge is 2.52. The van der Waals surface area contributed by atoms with Crippen molar-refractivity contribution in [2.75, 3.05) is 0 Å². The molecule has 1 aromatic rings. The second kappa shape index (κ2) is 4.41. The van der Waals surface area contributed by atoms with E-state index in [0.717, 1.165) is 18.4 Å². The summed E-state index contributed by atoms with van der Waals surface area (Å²) in [4.78, 5) is 11.9. The summed E-state index contributed by atoms with van der Waals surface area (Å²) in [6.45, 7) is 4.07. The summed E-state index contributed by atoms with van der Waals surface area (Å²) in [6, 6.07) is 4.46. The molecule has 3 heteroatoms. The number of hydrogen-bond donors (Lipinski definition) is 0. The fraction of sp³-hybridized carbons (Fsp3) is 0.500. The average molecular weight is 255 g/mol. The molecule has 0 aromatic heterocycles. The van der Waals surface area contributed by atoms with Crippen molar-refractivity contribution in [3.8, 4) is 0 Å². The van der Waals surface area contributed by atoms with E-state index in [2.05, 4.69) is 0 Å². The van der Waals surface area contributed by atoms with Crippen molar-refractivity contribution in [1.29, 1.82) is 0 Å². The van der Waals surface area contributed by atoms with Crippen LogP contribution < -0.4 is 0 Å². The van der Waals surface area contributed by atoms with E-state index in [1.54, 1.807) is 6.07 Å². The molecule has 1 fully saturated rings. The van der Waals surface area contributed by atoms with Gasteiger partial charge in [0.05, 0.1) is 0 Å². The van der Waals surface area contributed by atoms with Gasteiger partial charge in [-0.05, 0) is 30.5 Å². The van der Waals surface area contributed by atoms with Crippen molar-refractivity contribution >= 4 is 17.4 Å². The lowest BCUT2D eigenvalue weighted by Crippen LogP contribution is -2.47. The molecule has 0 amide bonds. The van der Waals surface area contributed by atoms with Gasteiger partial charge in [-0.3, -0.25) is 4.79 Å². The molecule has 1 aromatic carbocycles. The van der Waals surface area contributed by atoms with E-state index < -0.39 is 0 Å². The third-order valence-electron chi connectivity index (χ3n) is 4.21. The number of rotatable bonds is 3. The predicted molar refractivity (Wildman–Crippen MR) is 66.8 cm³/mol. The maximum absolute atomic E-state index is 13.0. The second-order valence-electron chi connectivity index (χ2n) is 4.71. The third-order valence-corrected chi connectivity index (χ3v) is 4.54. The van der Waals surface area contributed by atoms with E-state index in [0.29, 0.717) is 17.2 Å². The number of benzene rings is 1. The molecule has 0 heterocycles. The van der Waals surface area contributed by atoms with Gasteiger partial charge in [0.2, 0.25) is 0 Å². The Morgan fingerprint density at radius 2 is 2.06 bits per heavy atom. The normalized spacial score (nSPS) is 22.4.